The molecule has 0 aliphatic carbocycles. The number of carbonyl (C=O) groups excluding carboxylic acids is 1. The highest BCUT2D eigenvalue weighted by atomic mass is 32.1. The SMILES string of the molecule is CN(Cc1ccccc1N1CCOCC1)C(=O)Nc1nncs1. The summed E-state index contributed by atoms with van der Waals surface area (Å²) in [6, 6.07) is 7.97. The number of aromatic nitrogens is 2. The second-order valence-electron chi connectivity index (χ2n) is 5.26. The maximum atomic E-state index is 12.2. The van der Waals surface area contributed by atoms with Gasteiger partial charge in [0.05, 0.1) is 13.2 Å². The van der Waals surface area contributed by atoms with E-state index in [1.165, 1.54) is 11.3 Å². The van der Waals surface area contributed by atoms with Crippen LogP contribution in [-0.2, 0) is 11.3 Å². The monoisotopic (exact) mass is 333 g/mol. The van der Waals surface area contributed by atoms with Crippen LogP contribution < -0.4 is 10.2 Å². The van der Waals surface area contributed by atoms with E-state index in [4.69, 9.17) is 4.74 Å². The van der Waals surface area contributed by atoms with Gasteiger partial charge in [-0.3, -0.25) is 5.32 Å². The lowest BCUT2D eigenvalue weighted by molar-refractivity contribution is 0.122. The number of morpholine rings is 1. The molecule has 0 bridgehead atoms. The van der Waals surface area contributed by atoms with Gasteiger partial charge in [-0.05, 0) is 11.6 Å². The van der Waals surface area contributed by atoms with Crippen molar-refractivity contribution in [2.45, 2.75) is 6.54 Å². The number of ether oxygens (including phenoxy) is 1. The Bertz CT molecular complexity index is 643. The zero-order valence-corrected chi connectivity index (χ0v) is 13.8. The number of benzene rings is 1. The van der Waals surface area contributed by atoms with Crippen molar-refractivity contribution in [3.05, 3.63) is 35.3 Å². The average molecular weight is 333 g/mol. The number of amides is 2. The first kappa shape index (κ1) is 15.7. The van der Waals surface area contributed by atoms with E-state index in [2.05, 4.69) is 32.5 Å². The Labute approximate surface area is 138 Å². The van der Waals surface area contributed by atoms with E-state index in [1.807, 2.05) is 12.1 Å². The molecule has 1 aliphatic heterocycles. The van der Waals surface area contributed by atoms with Crippen molar-refractivity contribution in [3.63, 3.8) is 0 Å². The molecule has 2 heterocycles. The minimum Gasteiger partial charge on any atom is -0.378 e. The fourth-order valence-electron chi connectivity index (χ4n) is 2.50. The topological polar surface area (TPSA) is 70.6 Å². The van der Waals surface area contributed by atoms with Gasteiger partial charge in [0, 0.05) is 32.4 Å². The van der Waals surface area contributed by atoms with Gasteiger partial charge in [0.15, 0.2) is 0 Å². The van der Waals surface area contributed by atoms with E-state index in [9.17, 15) is 4.79 Å². The van der Waals surface area contributed by atoms with Crippen LogP contribution >= 0.6 is 11.3 Å². The summed E-state index contributed by atoms with van der Waals surface area (Å²) in [6.07, 6.45) is 0. The summed E-state index contributed by atoms with van der Waals surface area (Å²) in [5, 5.41) is 10.8. The molecule has 0 unspecified atom stereocenters. The van der Waals surface area contributed by atoms with Crippen LogP contribution in [-0.4, -0.2) is 54.5 Å². The Morgan fingerprint density at radius 1 is 1.39 bits per heavy atom. The summed E-state index contributed by atoms with van der Waals surface area (Å²) >= 11 is 1.30. The highest BCUT2D eigenvalue weighted by Gasteiger charge is 2.17. The predicted molar refractivity (Wildman–Crippen MR) is 89.9 cm³/mol. The summed E-state index contributed by atoms with van der Waals surface area (Å²) in [6.45, 7) is 3.75. The van der Waals surface area contributed by atoms with Crippen molar-refractivity contribution >= 4 is 28.2 Å². The molecule has 122 valence electrons. The molecule has 8 heteroatoms. The zero-order valence-electron chi connectivity index (χ0n) is 12.9. The third-order valence-corrected chi connectivity index (χ3v) is 4.28. The molecule has 1 N–H and O–H groups in total. The van der Waals surface area contributed by atoms with Crippen LogP contribution in [0.2, 0.25) is 0 Å². The lowest BCUT2D eigenvalue weighted by Gasteiger charge is -2.31. The molecule has 23 heavy (non-hydrogen) atoms. The highest BCUT2D eigenvalue weighted by Crippen LogP contribution is 2.23. The Morgan fingerprint density at radius 2 is 2.17 bits per heavy atom. The van der Waals surface area contributed by atoms with Gasteiger partial charge in [-0.15, -0.1) is 10.2 Å². The zero-order chi connectivity index (χ0) is 16.1. The molecule has 0 atom stereocenters. The first-order chi connectivity index (χ1) is 11.2. The molecule has 1 saturated heterocycles. The summed E-state index contributed by atoms with van der Waals surface area (Å²) in [7, 11) is 1.77. The summed E-state index contributed by atoms with van der Waals surface area (Å²) < 4.78 is 5.41. The summed E-state index contributed by atoms with van der Waals surface area (Å²) in [4.78, 5) is 16.2. The van der Waals surface area contributed by atoms with Crippen LogP contribution in [0.4, 0.5) is 15.6 Å². The number of carbonyl (C=O) groups is 1. The molecule has 2 aromatic rings. The molecule has 1 aromatic heterocycles. The Hall–Kier alpha value is -2.19. The van der Waals surface area contributed by atoms with Crippen LogP contribution in [0.3, 0.4) is 0 Å². The van der Waals surface area contributed by atoms with Gasteiger partial charge < -0.3 is 14.5 Å². The molecule has 7 nitrogen and oxygen atoms in total. The molecule has 0 spiro atoms. The molecule has 1 aromatic carbocycles. The third-order valence-electron chi connectivity index (χ3n) is 3.67. The number of para-hydroxylation sites is 1. The maximum Gasteiger partial charge on any atom is 0.323 e. The van der Waals surface area contributed by atoms with Crippen LogP contribution in [0.1, 0.15) is 5.56 Å². The van der Waals surface area contributed by atoms with Gasteiger partial charge in [0.2, 0.25) is 5.13 Å². The van der Waals surface area contributed by atoms with Gasteiger partial charge >= 0.3 is 6.03 Å². The lowest BCUT2D eigenvalue weighted by Crippen LogP contribution is -2.37. The molecular weight excluding hydrogens is 314 g/mol. The average Bonchev–Trinajstić information content (AvgIpc) is 3.09. The van der Waals surface area contributed by atoms with Crippen molar-refractivity contribution in [3.8, 4) is 0 Å². The van der Waals surface area contributed by atoms with E-state index < -0.39 is 0 Å². The Balaban J connectivity index is 1.68. The molecule has 1 fully saturated rings. The lowest BCUT2D eigenvalue weighted by atomic mass is 10.1. The van der Waals surface area contributed by atoms with Crippen molar-refractivity contribution in [2.24, 2.45) is 0 Å². The number of nitrogens with zero attached hydrogens (tertiary/aromatic N) is 4. The van der Waals surface area contributed by atoms with Gasteiger partial charge in [-0.25, -0.2) is 4.79 Å². The second kappa shape index (κ2) is 7.38. The van der Waals surface area contributed by atoms with Gasteiger partial charge in [0.25, 0.3) is 0 Å². The number of nitrogens with one attached hydrogen (secondary N) is 1. The first-order valence-electron chi connectivity index (χ1n) is 7.43. The number of urea groups is 1. The normalized spacial score (nSPS) is 14.6. The van der Waals surface area contributed by atoms with Gasteiger partial charge in [-0.1, -0.05) is 29.5 Å². The third kappa shape index (κ3) is 3.96. The molecule has 2 amide bonds. The second-order valence-corrected chi connectivity index (χ2v) is 6.09. The number of anilines is 2. The Kier molecular flexibility index (Phi) is 5.04. The van der Waals surface area contributed by atoms with Crippen LogP contribution in [0, 0.1) is 0 Å². The molecule has 0 radical (unpaired) electrons. The first-order valence-corrected chi connectivity index (χ1v) is 8.31. The van der Waals surface area contributed by atoms with Gasteiger partial charge in [0.1, 0.15) is 5.51 Å². The summed E-state index contributed by atoms with van der Waals surface area (Å²) in [5.41, 5.74) is 3.86. The van der Waals surface area contributed by atoms with Gasteiger partial charge in [-0.2, -0.15) is 0 Å². The quantitative estimate of drug-likeness (QED) is 0.927. The number of hydrogen-bond donors (Lipinski definition) is 1. The minimum absolute atomic E-state index is 0.196. The largest absolute Gasteiger partial charge is 0.378 e. The molecule has 3 rings (SSSR count). The van der Waals surface area contributed by atoms with E-state index >= 15 is 0 Å². The standard InChI is InChI=1S/C15H19N5O2S/c1-19(15(21)17-14-18-16-11-23-14)10-12-4-2-3-5-13(12)20-6-8-22-9-7-20/h2-5,11H,6-10H2,1H3,(H,17,18,21). The maximum absolute atomic E-state index is 12.2. The fraction of sp³-hybridized carbons (Fsp3) is 0.400. The summed E-state index contributed by atoms with van der Waals surface area (Å²) in [5.74, 6) is 0. The fourth-order valence-corrected chi connectivity index (χ4v) is 2.93. The minimum atomic E-state index is -0.196. The van der Waals surface area contributed by atoms with Crippen molar-refractivity contribution in [1.29, 1.82) is 0 Å². The van der Waals surface area contributed by atoms with E-state index in [0.29, 0.717) is 11.7 Å². The molecule has 1 aliphatic rings. The smallest absolute Gasteiger partial charge is 0.323 e. The van der Waals surface area contributed by atoms with Crippen molar-refractivity contribution in [2.75, 3.05) is 43.6 Å². The van der Waals surface area contributed by atoms with E-state index in [-0.39, 0.29) is 6.03 Å². The van der Waals surface area contributed by atoms with Crippen LogP contribution in [0.25, 0.3) is 0 Å². The van der Waals surface area contributed by atoms with Crippen LogP contribution in [0.5, 0.6) is 0 Å². The molecule has 0 saturated carbocycles. The van der Waals surface area contributed by atoms with Crippen LogP contribution in [0.15, 0.2) is 29.8 Å². The van der Waals surface area contributed by atoms with Crippen molar-refractivity contribution < 1.29 is 9.53 Å². The van der Waals surface area contributed by atoms with E-state index in [1.54, 1.807) is 17.5 Å². The predicted octanol–water partition coefficient (Wildman–Crippen LogP) is 2.04. The Morgan fingerprint density at radius 3 is 2.91 bits per heavy atom. The van der Waals surface area contributed by atoms with E-state index in [0.717, 1.165) is 37.6 Å². The van der Waals surface area contributed by atoms with Crippen molar-refractivity contribution in [1.82, 2.24) is 15.1 Å². The highest BCUT2D eigenvalue weighted by molar-refractivity contribution is 7.13. The number of rotatable bonds is 4. The molecular formula is C15H19N5O2S. The number of hydrogen-bond acceptors (Lipinski definition) is 6.